The maximum Gasteiger partial charge on any atom is 0.329 e. The molecule has 0 aliphatic rings. The van der Waals surface area contributed by atoms with Crippen LogP contribution in [0.5, 0.6) is 0 Å². The van der Waals surface area contributed by atoms with E-state index in [0.29, 0.717) is 10.0 Å². The van der Waals surface area contributed by atoms with Crippen LogP contribution in [0.2, 0.25) is 0 Å². The third-order valence-corrected chi connectivity index (χ3v) is 5.79. The van der Waals surface area contributed by atoms with Gasteiger partial charge in [-0.25, -0.2) is 13.2 Å². The van der Waals surface area contributed by atoms with Crippen LogP contribution >= 0.6 is 15.9 Å². The van der Waals surface area contributed by atoms with Crippen LogP contribution < -0.4 is 5.32 Å². The Kier molecular flexibility index (Phi) is 7.77. The first-order chi connectivity index (χ1) is 13.2. The number of sulfone groups is 1. The summed E-state index contributed by atoms with van der Waals surface area (Å²) < 4.78 is 29.0. The third-order valence-electron chi connectivity index (χ3n) is 4.12. The number of carbonyl (C=O) groups excluding carboxylic acids is 2. The minimum atomic E-state index is -3.30. The number of hydrogen-bond donors (Lipinski definition) is 1. The lowest BCUT2D eigenvalue weighted by molar-refractivity contribution is -0.147. The Morgan fingerprint density at radius 2 is 1.75 bits per heavy atom. The van der Waals surface area contributed by atoms with Gasteiger partial charge in [-0.05, 0) is 52.5 Å². The number of amides is 1. The molecule has 1 atom stereocenters. The number of ether oxygens (including phenoxy) is 1. The maximum absolute atomic E-state index is 12.6. The highest BCUT2D eigenvalue weighted by molar-refractivity contribution is 9.10. The average Bonchev–Trinajstić information content (AvgIpc) is 2.63. The van der Waals surface area contributed by atoms with Gasteiger partial charge in [0.05, 0.1) is 11.3 Å². The van der Waals surface area contributed by atoms with Crippen LogP contribution in [0.4, 0.5) is 0 Å². The summed E-state index contributed by atoms with van der Waals surface area (Å²) in [5, 5.41) is 2.59. The zero-order chi connectivity index (χ0) is 20.7. The molecule has 150 valence electrons. The quantitative estimate of drug-likeness (QED) is 0.602. The van der Waals surface area contributed by atoms with Crippen molar-refractivity contribution in [2.45, 2.75) is 26.0 Å². The van der Waals surface area contributed by atoms with Crippen LogP contribution in [0.1, 0.15) is 27.9 Å². The molecule has 0 aliphatic heterocycles. The van der Waals surface area contributed by atoms with Crippen molar-refractivity contribution < 1.29 is 22.7 Å². The topological polar surface area (TPSA) is 89.5 Å². The summed E-state index contributed by atoms with van der Waals surface area (Å²) in [6, 6.07) is 13.2. The second kappa shape index (κ2) is 9.84. The van der Waals surface area contributed by atoms with Gasteiger partial charge >= 0.3 is 5.97 Å². The summed E-state index contributed by atoms with van der Waals surface area (Å²) in [4.78, 5) is 25.1. The summed E-state index contributed by atoms with van der Waals surface area (Å²) in [5.41, 5.74) is 2.16. The minimum absolute atomic E-state index is 0.0474. The standard InChI is InChI=1S/C20H22BrNO5S/c1-14-7-3-4-8-15(14)13-27-20(24)18(11-12-28(2,25)26)22-19(23)16-9-5-6-10-17(16)21/h3-10,18H,11-13H2,1-2H3,(H,22,23). The predicted molar refractivity (Wildman–Crippen MR) is 111 cm³/mol. The van der Waals surface area contributed by atoms with Crippen LogP contribution in [-0.4, -0.2) is 38.3 Å². The highest BCUT2D eigenvalue weighted by atomic mass is 79.9. The van der Waals surface area contributed by atoms with Gasteiger partial charge in [0.15, 0.2) is 0 Å². The molecule has 1 unspecified atom stereocenters. The van der Waals surface area contributed by atoms with E-state index < -0.39 is 27.8 Å². The number of halogens is 1. The Labute approximate surface area is 173 Å². The first-order valence-corrected chi connectivity index (χ1v) is 11.5. The normalized spacial score (nSPS) is 12.2. The summed E-state index contributed by atoms with van der Waals surface area (Å²) >= 11 is 3.29. The van der Waals surface area contributed by atoms with Gasteiger partial charge in [0.25, 0.3) is 5.91 Å². The lowest BCUT2D eigenvalue weighted by Crippen LogP contribution is -2.43. The van der Waals surface area contributed by atoms with Gasteiger partial charge in [0, 0.05) is 10.7 Å². The molecule has 0 spiro atoms. The Morgan fingerprint density at radius 1 is 1.11 bits per heavy atom. The SMILES string of the molecule is Cc1ccccc1COC(=O)C(CCS(C)(=O)=O)NC(=O)c1ccccc1Br. The predicted octanol–water partition coefficient (Wildman–Crippen LogP) is 3.03. The second-order valence-corrected chi connectivity index (χ2v) is 9.57. The van der Waals surface area contributed by atoms with Gasteiger partial charge < -0.3 is 10.1 Å². The van der Waals surface area contributed by atoms with Gasteiger partial charge in [-0.3, -0.25) is 4.79 Å². The van der Waals surface area contributed by atoms with E-state index in [2.05, 4.69) is 21.2 Å². The van der Waals surface area contributed by atoms with E-state index in [-0.39, 0.29) is 18.8 Å². The van der Waals surface area contributed by atoms with Crippen molar-refractivity contribution in [1.29, 1.82) is 0 Å². The van der Waals surface area contributed by atoms with E-state index in [0.717, 1.165) is 17.4 Å². The van der Waals surface area contributed by atoms with E-state index in [1.54, 1.807) is 24.3 Å². The molecule has 28 heavy (non-hydrogen) atoms. The highest BCUT2D eigenvalue weighted by Crippen LogP contribution is 2.16. The van der Waals surface area contributed by atoms with Crippen molar-refractivity contribution in [2.24, 2.45) is 0 Å². The van der Waals surface area contributed by atoms with Gasteiger partial charge in [0.2, 0.25) is 0 Å². The summed E-state index contributed by atoms with van der Waals surface area (Å²) in [5.74, 6) is -1.40. The van der Waals surface area contributed by atoms with Crippen LogP contribution in [0.25, 0.3) is 0 Å². The van der Waals surface area contributed by atoms with Crippen molar-refractivity contribution in [3.63, 3.8) is 0 Å². The fraction of sp³-hybridized carbons (Fsp3) is 0.300. The van der Waals surface area contributed by atoms with Crippen molar-refractivity contribution in [3.05, 3.63) is 69.7 Å². The Balaban J connectivity index is 2.11. The lowest BCUT2D eigenvalue weighted by atomic mass is 10.1. The average molecular weight is 468 g/mol. The number of hydrogen-bond acceptors (Lipinski definition) is 5. The van der Waals surface area contributed by atoms with E-state index in [1.807, 2.05) is 31.2 Å². The molecule has 2 aromatic rings. The molecule has 0 aliphatic carbocycles. The van der Waals surface area contributed by atoms with Crippen molar-refractivity contribution in [3.8, 4) is 0 Å². The largest absolute Gasteiger partial charge is 0.459 e. The number of carbonyl (C=O) groups is 2. The fourth-order valence-corrected chi connectivity index (χ4v) is 3.61. The first kappa shape index (κ1) is 22.1. The van der Waals surface area contributed by atoms with Crippen molar-refractivity contribution >= 4 is 37.6 Å². The summed E-state index contributed by atoms with van der Waals surface area (Å²) in [6.45, 7) is 1.95. The molecule has 0 saturated carbocycles. The molecule has 0 bridgehead atoms. The second-order valence-electron chi connectivity index (χ2n) is 6.46. The zero-order valence-electron chi connectivity index (χ0n) is 15.6. The maximum atomic E-state index is 12.6. The van der Waals surface area contributed by atoms with Crippen LogP contribution in [0, 0.1) is 6.92 Å². The van der Waals surface area contributed by atoms with Crippen LogP contribution in [0.15, 0.2) is 53.0 Å². The Bertz CT molecular complexity index is 959. The molecule has 0 saturated heterocycles. The van der Waals surface area contributed by atoms with Gasteiger partial charge in [-0.1, -0.05) is 36.4 Å². The summed E-state index contributed by atoms with van der Waals surface area (Å²) in [7, 11) is -3.30. The smallest absolute Gasteiger partial charge is 0.329 e. The van der Waals surface area contributed by atoms with Gasteiger partial charge in [-0.15, -0.1) is 0 Å². The van der Waals surface area contributed by atoms with E-state index in [4.69, 9.17) is 4.74 Å². The van der Waals surface area contributed by atoms with Crippen molar-refractivity contribution in [2.75, 3.05) is 12.0 Å². The highest BCUT2D eigenvalue weighted by Gasteiger charge is 2.25. The minimum Gasteiger partial charge on any atom is -0.459 e. The molecular formula is C20H22BrNO5S. The fourth-order valence-electron chi connectivity index (χ4n) is 2.48. The molecule has 2 aromatic carbocycles. The number of benzene rings is 2. The monoisotopic (exact) mass is 467 g/mol. The molecule has 8 heteroatoms. The zero-order valence-corrected chi connectivity index (χ0v) is 18.0. The third kappa shape index (κ3) is 6.76. The molecule has 1 N–H and O–H groups in total. The van der Waals surface area contributed by atoms with Crippen molar-refractivity contribution in [1.82, 2.24) is 5.32 Å². The van der Waals surface area contributed by atoms with Gasteiger partial charge in [0.1, 0.15) is 22.5 Å². The first-order valence-electron chi connectivity index (χ1n) is 8.61. The number of nitrogens with one attached hydrogen (secondary N) is 1. The number of esters is 1. The molecule has 2 rings (SSSR count). The Hall–Kier alpha value is -2.19. The molecule has 0 radical (unpaired) electrons. The Morgan fingerprint density at radius 3 is 2.39 bits per heavy atom. The van der Waals surface area contributed by atoms with E-state index >= 15 is 0 Å². The molecule has 0 fully saturated rings. The molecule has 6 nitrogen and oxygen atoms in total. The van der Waals surface area contributed by atoms with Crippen LogP contribution in [0.3, 0.4) is 0 Å². The number of aryl methyl sites for hydroxylation is 1. The molecular weight excluding hydrogens is 446 g/mol. The van der Waals surface area contributed by atoms with Crippen LogP contribution in [-0.2, 0) is 26.0 Å². The van der Waals surface area contributed by atoms with E-state index in [9.17, 15) is 18.0 Å². The molecule has 0 aromatic heterocycles. The lowest BCUT2D eigenvalue weighted by Gasteiger charge is -2.18. The van der Waals surface area contributed by atoms with Gasteiger partial charge in [-0.2, -0.15) is 0 Å². The van der Waals surface area contributed by atoms with E-state index in [1.165, 1.54) is 0 Å². The molecule has 0 heterocycles. The number of rotatable bonds is 8. The summed E-state index contributed by atoms with van der Waals surface area (Å²) in [6.07, 6.45) is 1.01. The molecule has 1 amide bonds.